The normalized spacial score (nSPS) is 17.7. The van der Waals surface area contributed by atoms with Crippen LogP contribution >= 0.6 is 23.5 Å². The van der Waals surface area contributed by atoms with Gasteiger partial charge in [0.1, 0.15) is 6.04 Å². The van der Waals surface area contributed by atoms with Gasteiger partial charge in [-0.2, -0.15) is 4.31 Å². The van der Waals surface area contributed by atoms with Crippen molar-refractivity contribution in [1.82, 2.24) is 9.62 Å². The van der Waals surface area contributed by atoms with Crippen molar-refractivity contribution < 1.29 is 9.59 Å². The summed E-state index contributed by atoms with van der Waals surface area (Å²) in [7, 11) is 0. The van der Waals surface area contributed by atoms with Gasteiger partial charge in [0.05, 0.1) is 0 Å². The van der Waals surface area contributed by atoms with Crippen molar-refractivity contribution >= 4 is 35.5 Å². The Kier molecular flexibility index (Phi) is 4.36. The molecule has 2 aromatic carbocycles. The summed E-state index contributed by atoms with van der Waals surface area (Å²) >= 11 is 6.93. The van der Waals surface area contributed by atoms with E-state index in [1.54, 1.807) is 24.3 Å². The summed E-state index contributed by atoms with van der Waals surface area (Å²) in [5, 5.41) is 3.34. The van der Waals surface area contributed by atoms with E-state index >= 15 is 0 Å². The molecule has 1 aliphatic rings. The molecule has 0 unspecified atom stereocenters. The average Bonchev–Trinajstić information content (AvgIpc) is 2.78. The van der Waals surface area contributed by atoms with Gasteiger partial charge in [-0.25, -0.2) is 4.79 Å². The van der Waals surface area contributed by atoms with Crippen LogP contribution in [0.5, 0.6) is 0 Å². The summed E-state index contributed by atoms with van der Waals surface area (Å²) in [6.45, 7) is 0. The van der Waals surface area contributed by atoms with Crippen molar-refractivity contribution in [3.05, 3.63) is 65.2 Å². The van der Waals surface area contributed by atoms with E-state index in [4.69, 9.17) is 11.6 Å². The third kappa shape index (κ3) is 3.26. The lowest BCUT2D eigenvalue weighted by atomic mass is 10.1. The molecule has 0 aliphatic carbocycles. The third-order valence-corrected chi connectivity index (χ3v) is 4.54. The monoisotopic (exact) mass is 332 g/mol. The summed E-state index contributed by atoms with van der Waals surface area (Å²) in [5.41, 5.74) is 1.01. The van der Waals surface area contributed by atoms with Crippen molar-refractivity contribution in [2.45, 2.75) is 17.4 Å². The molecule has 0 saturated carbocycles. The van der Waals surface area contributed by atoms with E-state index in [1.807, 2.05) is 30.3 Å². The van der Waals surface area contributed by atoms with Crippen LogP contribution in [0.25, 0.3) is 0 Å². The highest BCUT2D eigenvalue weighted by Crippen LogP contribution is 2.28. The lowest BCUT2D eigenvalue weighted by Crippen LogP contribution is -2.31. The smallest absolute Gasteiger partial charge is 0.325 e. The number of urea groups is 1. The van der Waals surface area contributed by atoms with Gasteiger partial charge in [-0.15, -0.1) is 0 Å². The number of hydrogen-bond donors (Lipinski definition) is 1. The van der Waals surface area contributed by atoms with Gasteiger partial charge in [0.25, 0.3) is 5.91 Å². The molecule has 1 atom stereocenters. The second-order valence-electron chi connectivity index (χ2n) is 4.87. The fourth-order valence-electron chi connectivity index (χ4n) is 2.19. The van der Waals surface area contributed by atoms with Crippen LogP contribution in [0.3, 0.4) is 0 Å². The number of nitrogens with zero attached hydrogens (tertiary/aromatic N) is 1. The molecule has 1 heterocycles. The molecule has 2 aromatic rings. The van der Waals surface area contributed by atoms with Gasteiger partial charge in [-0.05, 0) is 41.8 Å². The fourth-order valence-corrected chi connectivity index (χ4v) is 3.13. The maximum Gasteiger partial charge on any atom is 0.335 e. The van der Waals surface area contributed by atoms with Crippen molar-refractivity contribution in [1.29, 1.82) is 0 Å². The fraction of sp³-hybridized carbons (Fsp3) is 0.125. The van der Waals surface area contributed by atoms with Gasteiger partial charge in [-0.1, -0.05) is 41.9 Å². The molecular formula is C16H13ClN2O2S. The number of amides is 3. The van der Waals surface area contributed by atoms with Gasteiger partial charge in [0.2, 0.25) is 0 Å². The van der Waals surface area contributed by atoms with E-state index in [0.717, 1.165) is 26.7 Å². The second-order valence-corrected chi connectivity index (χ2v) is 6.33. The Morgan fingerprint density at radius 3 is 2.41 bits per heavy atom. The Labute approximate surface area is 137 Å². The van der Waals surface area contributed by atoms with Crippen molar-refractivity contribution in [2.24, 2.45) is 0 Å². The van der Waals surface area contributed by atoms with Crippen LogP contribution in [0.2, 0.25) is 5.02 Å². The Bertz CT molecular complexity index is 691. The van der Waals surface area contributed by atoms with E-state index < -0.39 is 6.04 Å². The van der Waals surface area contributed by atoms with E-state index in [-0.39, 0.29) is 11.9 Å². The zero-order chi connectivity index (χ0) is 15.5. The molecule has 0 radical (unpaired) electrons. The number of rotatable bonds is 4. The van der Waals surface area contributed by atoms with Crippen LogP contribution in [0, 0.1) is 0 Å². The highest BCUT2D eigenvalue weighted by atomic mass is 35.5. The zero-order valence-electron chi connectivity index (χ0n) is 11.5. The second kappa shape index (κ2) is 6.42. The van der Waals surface area contributed by atoms with Crippen molar-refractivity contribution in [3.8, 4) is 0 Å². The molecule has 112 valence electrons. The van der Waals surface area contributed by atoms with Crippen LogP contribution in [-0.2, 0) is 11.2 Å². The summed E-state index contributed by atoms with van der Waals surface area (Å²) in [4.78, 5) is 25.2. The molecule has 0 spiro atoms. The van der Waals surface area contributed by atoms with Crippen LogP contribution in [0.15, 0.2) is 59.5 Å². The van der Waals surface area contributed by atoms with Gasteiger partial charge in [-0.3, -0.25) is 4.79 Å². The van der Waals surface area contributed by atoms with Crippen molar-refractivity contribution in [3.63, 3.8) is 0 Å². The summed E-state index contributed by atoms with van der Waals surface area (Å²) in [5.74, 6) is -0.228. The Morgan fingerprint density at radius 2 is 1.73 bits per heavy atom. The molecule has 6 heteroatoms. The van der Waals surface area contributed by atoms with E-state index in [0.29, 0.717) is 11.4 Å². The first-order valence-electron chi connectivity index (χ1n) is 6.75. The predicted octanol–water partition coefficient (Wildman–Crippen LogP) is 3.51. The Morgan fingerprint density at radius 1 is 1.05 bits per heavy atom. The van der Waals surface area contributed by atoms with Crippen LogP contribution in [0.1, 0.15) is 5.56 Å². The Balaban J connectivity index is 1.70. The minimum Gasteiger partial charge on any atom is -0.325 e. The molecule has 3 rings (SSSR count). The SMILES string of the molecule is O=C1N[C@@H](Cc2ccccc2)C(=O)N1Sc1ccc(Cl)cc1. The molecule has 0 aromatic heterocycles. The molecule has 3 amide bonds. The molecule has 4 nitrogen and oxygen atoms in total. The first-order valence-corrected chi connectivity index (χ1v) is 7.90. The maximum absolute atomic E-state index is 12.4. The number of halogens is 1. The quantitative estimate of drug-likeness (QED) is 0.688. The van der Waals surface area contributed by atoms with Crippen molar-refractivity contribution in [2.75, 3.05) is 0 Å². The number of carbonyl (C=O) groups excluding carboxylic acids is 2. The number of nitrogens with one attached hydrogen (secondary N) is 1. The number of hydrogen-bond acceptors (Lipinski definition) is 3. The third-order valence-electron chi connectivity index (χ3n) is 3.27. The first kappa shape index (κ1) is 14.9. The van der Waals surface area contributed by atoms with Crippen LogP contribution < -0.4 is 5.32 Å². The Hall–Kier alpha value is -1.98. The highest BCUT2D eigenvalue weighted by molar-refractivity contribution is 7.98. The minimum atomic E-state index is -0.519. The molecule has 1 aliphatic heterocycles. The standard InChI is InChI=1S/C16H13ClN2O2S/c17-12-6-8-13(9-7-12)22-19-15(20)14(18-16(19)21)10-11-4-2-1-3-5-11/h1-9,14H,10H2,(H,18,21)/t14-/m0/s1. The maximum atomic E-state index is 12.4. The van der Waals surface area contributed by atoms with E-state index in [2.05, 4.69) is 5.32 Å². The van der Waals surface area contributed by atoms with Gasteiger partial charge >= 0.3 is 6.03 Å². The first-order chi connectivity index (χ1) is 10.6. The lowest BCUT2D eigenvalue weighted by molar-refractivity contribution is -0.123. The number of imide groups is 1. The largest absolute Gasteiger partial charge is 0.335 e. The number of benzene rings is 2. The summed E-state index contributed by atoms with van der Waals surface area (Å²) in [6.07, 6.45) is 0.489. The number of carbonyl (C=O) groups is 2. The van der Waals surface area contributed by atoms with E-state index in [9.17, 15) is 9.59 Å². The molecule has 1 fully saturated rings. The predicted molar refractivity (Wildman–Crippen MR) is 86.6 cm³/mol. The topological polar surface area (TPSA) is 49.4 Å². The zero-order valence-corrected chi connectivity index (χ0v) is 13.1. The van der Waals surface area contributed by atoms with Gasteiger partial charge in [0.15, 0.2) is 0 Å². The molecule has 0 bridgehead atoms. The lowest BCUT2D eigenvalue weighted by Gasteiger charge is -2.11. The van der Waals surface area contributed by atoms with Crippen LogP contribution in [-0.4, -0.2) is 22.3 Å². The summed E-state index contributed by atoms with van der Waals surface area (Å²) in [6, 6.07) is 15.7. The average molecular weight is 333 g/mol. The molecule has 1 saturated heterocycles. The molecule has 1 N–H and O–H groups in total. The van der Waals surface area contributed by atoms with E-state index in [1.165, 1.54) is 0 Å². The van der Waals surface area contributed by atoms with Crippen LogP contribution in [0.4, 0.5) is 4.79 Å². The molecular weight excluding hydrogens is 320 g/mol. The highest BCUT2D eigenvalue weighted by Gasteiger charge is 2.38. The summed E-state index contributed by atoms with van der Waals surface area (Å²) < 4.78 is 1.16. The van der Waals surface area contributed by atoms with Gasteiger partial charge in [0, 0.05) is 16.3 Å². The molecule has 22 heavy (non-hydrogen) atoms. The minimum absolute atomic E-state index is 0.228. The van der Waals surface area contributed by atoms with Gasteiger partial charge < -0.3 is 5.32 Å².